The van der Waals surface area contributed by atoms with Crippen LogP contribution in [0.25, 0.3) is 0 Å². The summed E-state index contributed by atoms with van der Waals surface area (Å²) in [5, 5.41) is 0.533. The first-order valence-corrected chi connectivity index (χ1v) is 14.5. The molecule has 0 rings (SSSR count). The topological polar surface area (TPSA) is 44.5 Å². The zero-order chi connectivity index (χ0) is 17.8. The Morgan fingerprint density at radius 2 is 1.00 bits per heavy atom. The molecule has 0 aromatic heterocycles. The fraction of sp³-hybridized carbons (Fsp3) is 1.00. The molecule has 0 unspecified atom stereocenters. The van der Waals surface area contributed by atoms with Crippen LogP contribution < -0.4 is 5.73 Å². The maximum atomic E-state index is 6.22. The van der Waals surface area contributed by atoms with Gasteiger partial charge in [-0.05, 0) is 49.1 Å². The molecule has 3 nitrogen and oxygen atoms in total. The van der Waals surface area contributed by atoms with Gasteiger partial charge in [-0.2, -0.15) is 0 Å². The van der Waals surface area contributed by atoms with Crippen LogP contribution in [0.1, 0.15) is 54.4 Å². The molecule has 0 aliphatic heterocycles. The molecule has 0 fully saturated rings. The van der Waals surface area contributed by atoms with Crippen LogP contribution in [0.4, 0.5) is 0 Å². The first kappa shape index (κ1) is 22.3. The monoisotopic (exact) mass is 347 g/mol. The molecule has 0 aliphatic carbocycles. The Morgan fingerprint density at radius 1 is 0.727 bits per heavy atom. The lowest BCUT2D eigenvalue weighted by atomic mass is 10.2. The van der Waals surface area contributed by atoms with Crippen LogP contribution in [-0.4, -0.2) is 35.9 Å². The molecule has 2 N–H and O–H groups in total. The largest absolute Gasteiger partial charge is 0.417 e. The van der Waals surface area contributed by atoms with Crippen molar-refractivity contribution in [1.82, 2.24) is 0 Å². The van der Waals surface area contributed by atoms with E-state index >= 15 is 0 Å². The third-order valence-corrected chi connectivity index (χ3v) is 14.6. The van der Waals surface area contributed by atoms with Gasteiger partial charge in [-0.25, -0.2) is 0 Å². The summed E-state index contributed by atoms with van der Waals surface area (Å²) in [5.41, 5.74) is 6.22. The molecule has 0 saturated carbocycles. The van der Waals surface area contributed by atoms with E-state index < -0.39 is 16.6 Å². The standard InChI is InChI=1S/C17H41NO2Si2/c1-16(2,3)21(7,8)19-13-11-15(18)12-14-20-22(9,10)17(4,5)6/h15H,11-14,18H2,1-10H3. The normalized spacial score (nSPS) is 14.7. The summed E-state index contributed by atoms with van der Waals surface area (Å²) in [5.74, 6) is 0. The summed E-state index contributed by atoms with van der Waals surface area (Å²) in [6.45, 7) is 24.3. The molecule has 22 heavy (non-hydrogen) atoms. The van der Waals surface area contributed by atoms with Crippen molar-refractivity contribution in [3.63, 3.8) is 0 Å². The van der Waals surface area contributed by atoms with Crippen LogP contribution in [0, 0.1) is 0 Å². The summed E-state index contributed by atoms with van der Waals surface area (Å²) < 4.78 is 12.4. The lowest BCUT2D eigenvalue weighted by Gasteiger charge is -2.37. The molecule has 0 spiro atoms. The minimum Gasteiger partial charge on any atom is -0.417 e. The minimum atomic E-state index is -1.64. The van der Waals surface area contributed by atoms with E-state index in [0.717, 1.165) is 26.1 Å². The molecule has 5 heteroatoms. The van der Waals surface area contributed by atoms with Crippen molar-refractivity contribution in [3.8, 4) is 0 Å². The molecule has 0 amide bonds. The number of hydrogen-bond acceptors (Lipinski definition) is 3. The van der Waals surface area contributed by atoms with Crippen LogP contribution in [0.2, 0.25) is 36.3 Å². The zero-order valence-electron chi connectivity index (χ0n) is 16.8. The van der Waals surface area contributed by atoms with E-state index in [2.05, 4.69) is 67.7 Å². The Balaban J connectivity index is 4.06. The Kier molecular flexibility index (Phi) is 8.04. The van der Waals surface area contributed by atoms with Crippen molar-refractivity contribution in [2.45, 2.75) is 96.7 Å². The average Bonchev–Trinajstić information content (AvgIpc) is 2.25. The number of nitrogens with two attached hydrogens (primary N) is 1. The van der Waals surface area contributed by atoms with Gasteiger partial charge in [0.15, 0.2) is 16.6 Å². The van der Waals surface area contributed by atoms with Crippen molar-refractivity contribution >= 4 is 16.6 Å². The lowest BCUT2D eigenvalue weighted by molar-refractivity contribution is 0.242. The van der Waals surface area contributed by atoms with E-state index in [4.69, 9.17) is 14.6 Å². The van der Waals surface area contributed by atoms with E-state index in [-0.39, 0.29) is 16.1 Å². The molecule has 134 valence electrons. The average molecular weight is 348 g/mol. The van der Waals surface area contributed by atoms with Crippen LogP contribution in [-0.2, 0) is 8.85 Å². The molecule has 0 heterocycles. The third kappa shape index (κ3) is 7.26. The SMILES string of the molecule is CC(C)(C)[Si](C)(C)OCCC(N)CCO[Si](C)(C)C(C)(C)C. The van der Waals surface area contributed by atoms with E-state index in [0.29, 0.717) is 0 Å². The lowest BCUT2D eigenvalue weighted by Crippen LogP contribution is -2.42. The molecule has 0 aromatic rings. The van der Waals surface area contributed by atoms with Crippen molar-refractivity contribution < 1.29 is 8.85 Å². The maximum absolute atomic E-state index is 6.22. The van der Waals surface area contributed by atoms with Gasteiger partial charge in [0.05, 0.1) is 0 Å². The highest BCUT2D eigenvalue weighted by Gasteiger charge is 2.38. The summed E-state index contributed by atoms with van der Waals surface area (Å²) in [6.07, 6.45) is 1.85. The van der Waals surface area contributed by atoms with Gasteiger partial charge in [-0.3, -0.25) is 0 Å². The first-order valence-electron chi connectivity index (χ1n) is 8.64. The van der Waals surface area contributed by atoms with Crippen molar-refractivity contribution in [1.29, 1.82) is 0 Å². The summed E-state index contributed by atoms with van der Waals surface area (Å²) in [7, 11) is -3.28. The summed E-state index contributed by atoms with van der Waals surface area (Å²) >= 11 is 0. The smallest absolute Gasteiger partial charge is 0.191 e. The highest BCUT2D eigenvalue weighted by atomic mass is 28.4. The second-order valence-electron chi connectivity index (χ2n) is 9.55. The van der Waals surface area contributed by atoms with Gasteiger partial charge >= 0.3 is 0 Å². The Labute approximate surface area is 141 Å². The van der Waals surface area contributed by atoms with Crippen LogP contribution >= 0.6 is 0 Å². The van der Waals surface area contributed by atoms with Crippen molar-refractivity contribution in [3.05, 3.63) is 0 Å². The quantitative estimate of drug-likeness (QED) is 0.618. The molecule has 0 atom stereocenters. The van der Waals surface area contributed by atoms with Gasteiger partial charge in [0.25, 0.3) is 0 Å². The number of hydrogen-bond donors (Lipinski definition) is 1. The van der Waals surface area contributed by atoms with E-state index in [1.165, 1.54) is 0 Å². The first-order chi connectivity index (χ1) is 9.60. The highest BCUT2D eigenvalue weighted by molar-refractivity contribution is 6.74. The van der Waals surface area contributed by atoms with Gasteiger partial charge in [0.2, 0.25) is 0 Å². The van der Waals surface area contributed by atoms with E-state index in [9.17, 15) is 0 Å². The fourth-order valence-electron chi connectivity index (χ4n) is 1.51. The van der Waals surface area contributed by atoms with Crippen molar-refractivity contribution in [2.24, 2.45) is 5.73 Å². The summed E-state index contributed by atoms with van der Waals surface area (Å²) in [4.78, 5) is 0. The minimum absolute atomic E-state index is 0.175. The third-order valence-electron chi connectivity index (χ3n) is 5.52. The highest BCUT2D eigenvalue weighted by Crippen LogP contribution is 2.37. The number of rotatable bonds is 8. The molecular formula is C17H41NO2Si2. The van der Waals surface area contributed by atoms with Gasteiger partial charge in [-0.15, -0.1) is 0 Å². The Morgan fingerprint density at radius 3 is 1.23 bits per heavy atom. The van der Waals surface area contributed by atoms with Gasteiger partial charge < -0.3 is 14.6 Å². The maximum Gasteiger partial charge on any atom is 0.191 e. The molecular weight excluding hydrogens is 306 g/mol. The van der Waals surface area contributed by atoms with Gasteiger partial charge in [0, 0.05) is 19.3 Å². The molecule has 0 aromatic carbocycles. The molecule has 0 radical (unpaired) electrons. The zero-order valence-corrected chi connectivity index (χ0v) is 18.8. The van der Waals surface area contributed by atoms with Crippen molar-refractivity contribution in [2.75, 3.05) is 13.2 Å². The predicted octanol–water partition coefficient (Wildman–Crippen LogP) is 5.14. The van der Waals surface area contributed by atoms with Gasteiger partial charge in [0.1, 0.15) is 0 Å². The Bertz CT molecular complexity index is 299. The van der Waals surface area contributed by atoms with E-state index in [1.807, 2.05) is 0 Å². The summed E-state index contributed by atoms with van der Waals surface area (Å²) in [6, 6.07) is 0.175. The molecule has 0 saturated heterocycles. The van der Waals surface area contributed by atoms with E-state index in [1.54, 1.807) is 0 Å². The van der Waals surface area contributed by atoms with Crippen LogP contribution in [0.3, 0.4) is 0 Å². The predicted molar refractivity (Wildman–Crippen MR) is 104 cm³/mol. The molecule has 0 bridgehead atoms. The van der Waals surface area contributed by atoms with Gasteiger partial charge in [-0.1, -0.05) is 41.5 Å². The fourth-order valence-corrected chi connectivity index (χ4v) is 3.63. The van der Waals surface area contributed by atoms with Crippen LogP contribution in [0.15, 0.2) is 0 Å². The molecule has 0 aliphatic rings. The van der Waals surface area contributed by atoms with Crippen LogP contribution in [0.5, 0.6) is 0 Å². The second kappa shape index (κ2) is 7.92. The Hall–Kier alpha value is 0.314. The second-order valence-corrected chi connectivity index (χ2v) is 19.2.